The number of hydrogen-bond donors (Lipinski definition) is 0. The quantitative estimate of drug-likeness (QED) is 0.458. The number of thiophene rings is 1. The summed E-state index contributed by atoms with van der Waals surface area (Å²) >= 11 is 1.68. The molecule has 2 aromatic heterocycles. The van der Waals surface area contributed by atoms with Crippen molar-refractivity contribution in [1.29, 1.82) is 0 Å². The Morgan fingerprint density at radius 3 is 2.32 bits per heavy atom. The van der Waals surface area contributed by atoms with E-state index in [9.17, 15) is 4.39 Å². The SMILES string of the molecule is Fc1ccc(-c2cc3nc(-c4ccccc4)ccc3s2)cc1. The van der Waals surface area contributed by atoms with Crippen LogP contribution in [0.1, 0.15) is 0 Å². The van der Waals surface area contributed by atoms with Crippen molar-refractivity contribution >= 4 is 21.6 Å². The van der Waals surface area contributed by atoms with Crippen molar-refractivity contribution in [2.45, 2.75) is 0 Å². The third kappa shape index (κ3) is 2.40. The van der Waals surface area contributed by atoms with Crippen LogP contribution in [0.25, 0.3) is 31.9 Å². The minimum atomic E-state index is -0.214. The highest BCUT2D eigenvalue weighted by Crippen LogP contribution is 2.33. The van der Waals surface area contributed by atoms with Crippen LogP contribution in [-0.4, -0.2) is 4.98 Å². The predicted octanol–water partition coefficient (Wildman–Crippen LogP) is 5.77. The van der Waals surface area contributed by atoms with Gasteiger partial charge in [0.15, 0.2) is 0 Å². The molecule has 0 spiro atoms. The lowest BCUT2D eigenvalue weighted by atomic mass is 10.1. The lowest BCUT2D eigenvalue weighted by Gasteiger charge is -1.99. The third-order valence-corrected chi connectivity index (χ3v) is 4.71. The molecule has 0 aliphatic rings. The van der Waals surface area contributed by atoms with Crippen molar-refractivity contribution in [3.8, 4) is 21.7 Å². The molecule has 4 aromatic rings. The van der Waals surface area contributed by atoms with Gasteiger partial charge in [0.05, 0.1) is 15.9 Å². The van der Waals surface area contributed by atoms with Gasteiger partial charge in [-0.05, 0) is 35.9 Å². The van der Waals surface area contributed by atoms with Crippen molar-refractivity contribution in [3.63, 3.8) is 0 Å². The summed E-state index contributed by atoms with van der Waals surface area (Å²) in [6.07, 6.45) is 0. The molecule has 0 unspecified atom stereocenters. The number of benzene rings is 2. The maximum atomic E-state index is 13.0. The summed E-state index contributed by atoms with van der Waals surface area (Å²) in [6, 6.07) is 22.9. The fourth-order valence-electron chi connectivity index (χ4n) is 2.45. The standard InChI is InChI=1S/C19H12FNS/c20-15-8-6-14(7-9-15)19-12-17-18(22-19)11-10-16(21-17)13-4-2-1-3-5-13/h1-12H. The van der Waals surface area contributed by atoms with E-state index in [1.54, 1.807) is 23.5 Å². The first-order valence-corrected chi connectivity index (χ1v) is 7.83. The molecule has 0 radical (unpaired) electrons. The van der Waals surface area contributed by atoms with Gasteiger partial charge in [0.1, 0.15) is 5.82 Å². The highest BCUT2D eigenvalue weighted by Gasteiger charge is 2.07. The smallest absolute Gasteiger partial charge is 0.123 e. The van der Waals surface area contributed by atoms with Crippen molar-refractivity contribution in [1.82, 2.24) is 4.98 Å². The second-order valence-corrected chi connectivity index (χ2v) is 6.15. The van der Waals surface area contributed by atoms with Gasteiger partial charge in [0, 0.05) is 10.4 Å². The van der Waals surface area contributed by atoms with Crippen LogP contribution < -0.4 is 0 Å². The Hall–Kier alpha value is -2.52. The molecule has 0 atom stereocenters. The van der Waals surface area contributed by atoms with Crippen LogP contribution in [-0.2, 0) is 0 Å². The van der Waals surface area contributed by atoms with Gasteiger partial charge >= 0.3 is 0 Å². The average Bonchev–Trinajstić information content (AvgIpc) is 2.99. The molecular weight excluding hydrogens is 293 g/mol. The molecule has 106 valence electrons. The van der Waals surface area contributed by atoms with Gasteiger partial charge in [-0.3, -0.25) is 0 Å². The lowest BCUT2D eigenvalue weighted by Crippen LogP contribution is -1.81. The van der Waals surface area contributed by atoms with Crippen LogP contribution in [0.4, 0.5) is 4.39 Å². The molecule has 0 aliphatic heterocycles. The number of halogens is 1. The number of aromatic nitrogens is 1. The normalized spacial score (nSPS) is 11.0. The Bertz CT molecular complexity index is 927. The third-order valence-electron chi connectivity index (χ3n) is 3.57. The molecule has 0 saturated heterocycles. The molecule has 0 bridgehead atoms. The van der Waals surface area contributed by atoms with E-state index in [-0.39, 0.29) is 5.82 Å². The Kier molecular flexibility index (Phi) is 3.20. The monoisotopic (exact) mass is 305 g/mol. The van der Waals surface area contributed by atoms with Gasteiger partial charge < -0.3 is 0 Å². The van der Waals surface area contributed by atoms with E-state index in [0.717, 1.165) is 31.9 Å². The number of pyridine rings is 1. The molecule has 0 fully saturated rings. The van der Waals surface area contributed by atoms with Gasteiger partial charge in [-0.1, -0.05) is 42.5 Å². The van der Waals surface area contributed by atoms with Crippen LogP contribution in [0.3, 0.4) is 0 Å². The fourth-order valence-corrected chi connectivity index (χ4v) is 3.46. The molecule has 3 heteroatoms. The van der Waals surface area contributed by atoms with E-state index in [1.165, 1.54) is 12.1 Å². The first kappa shape index (κ1) is 13.2. The van der Waals surface area contributed by atoms with Gasteiger partial charge in [-0.15, -0.1) is 11.3 Å². The summed E-state index contributed by atoms with van der Waals surface area (Å²) in [5, 5.41) is 0. The average molecular weight is 305 g/mol. The van der Waals surface area contributed by atoms with E-state index in [0.29, 0.717) is 0 Å². The molecule has 0 aliphatic carbocycles. The van der Waals surface area contributed by atoms with Crippen molar-refractivity contribution < 1.29 is 4.39 Å². The predicted molar refractivity (Wildman–Crippen MR) is 90.5 cm³/mol. The summed E-state index contributed by atoms with van der Waals surface area (Å²) < 4.78 is 14.2. The topological polar surface area (TPSA) is 12.9 Å². The Morgan fingerprint density at radius 2 is 1.55 bits per heavy atom. The summed E-state index contributed by atoms with van der Waals surface area (Å²) in [7, 11) is 0. The number of rotatable bonds is 2. The van der Waals surface area contributed by atoms with Gasteiger partial charge in [0.2, 0.25) is 0 Å². The molecule has 22 heavy (non-hydrogen) atoms. The lowest BCUT2D eigenvalue weighted by molar-refractivity contribution is 0.628. The maximum Gasteiger partial charge on any atom is 0.123 e. The molecule has 1 nitrogen and oxygen atoms in total. The summed E-state index contributed by atoms with van der Waals surface area (Å²) in [4.78, 5) is 5.85. The fraction of sp³-hybridized carbons (Fsp3) is 0. The molecule has 4 rings (SSSR count). The number of hydrogen-bond acceptors (Lipinski definition) is 2. The van der Waals surface area contributed by atoms with E-state index < -0.39 is 0 Å². The van der Waals surface area contributed by atoms with Crippen LogP contribution in [0, 0.1) is 5.82 Å². The van der Waals surface area contributed by atoms with E-state index >= 15 is 0 Å². The number of nitrogens with zero attached hydrogens (tertiary/aromatic N) is 1. The number of fused-ring (bicyclic) bond motifs is 1. The molecule has 0 saturated carbocycles. The summed E-state index contributed by atoms with van der Waals surface area (Å²) in [5.41, 5.74) is 4.08. The summed E-state index contributed by atoms with van der Waals surface area (Å²) in [5.74, 6) is -0.214. The second kappa shape index (κ2) is 5.35. The zero-order valence-electron chi connectivity index (χ0n) is 11.7. The molecule has 2 aromatic carbocycles. The molecule has 0 N–H and O–H groups in total. The van der Waals surface area contributed by atoms with Gasteiger partial charge in [-0.2, -0.15) is 0 Å². The Labute approximate surface area is 131 Å². The largest absolute Gasteiger partial charge is 0.247 e. The Balaban J connectivity index is 1.80. The van der Waals surface area contributed by atoms with Crippen LogP contribution in [0.5, 0.6) is 0 Å². The highest BCUT2D eigenvalue weighted by atomic mass is 32.1. The van der Waals surface area contributed by atoms with E-state index in [4.69, 9.17) is 4.98 Å². The summed E-state index contributed by atoms with van der Waals surface area (Å²) in [6.45, 7) is 0. The van der Waals surface area contributed by atoms with Crippen LogP contribution in [0.2, 0.25) is 0 Å². The van der Waals surface area contributed by atoms with Crippen molar-refractivity contribution in [2.24, 2.45) is 0 Å². The second-order valence-electron chi connectivity index (χ2n) is 5.06. The van der Waals surface area contributed by atoms with Crippen LogP contribution >= 0.6 is 11.3 Å². The van der Waals surface area contributed by atoms with Gasteiger partial charge in [-0.25, -0.2) is 9.37 Å². The molecular formula is C19H12FNS. The molecule has 2 heterocycles. The van der Waals surface area contributed by atoms with Gasteiger partial charge in [0.25, 0.3) is 0 Å². The first-order chi connectivity index (χ1) is 10.8. The minimum absolute atomic E-state index is 0.214. The van der Waals surface area contributed by atoms with E-state index in [2.05, 4.69) is 24.3 Å². The van der Waals surface area contributed by atoms with Crippen LogP contribution in [0.15, 0.2) is 72.8 Å². The zero-order valence-corrected chi connectivity index (χ0v) is 12.5. The minimum Gasteiger partial charge on any atom is -0.247 e. The maximum absolute atomic E-state index is 13.0. The van der Waals surface area contributed by atoms with Crippen molar-refractivity contribution in [3.05, 3.63) is 78.6 Å². The molecule has 0 amide bonds. The van der Waals surface area contributed by atoms with Crippen molar-refractivity contribution in [2.75, 3.05) is 0 Å². The highest BCUT2D eigenvalue weighted by molar-refractivity contribution is 7.22. The first-order valence-electron chi connectivity index (χ1n) is 7.01. The zero-order chi connectivity index (χ0) is 14.9. The Morgan fingerprint density at radius 1 is 0.773 bits per heavy atom. The van der Waals surface area contributed by atoms with E-state index in [1.807, 2.05) is 24.3 Å².